The molecular formula is C16H24F2N2O3. The van der Waals surface area contributed by atoms with E-state index >= 15 is 0 Å². The lowest BCUT2D eigenvalue weighted by Gasteiger charge is -2.15. The Balaban J connectivity index is 2.52. The fraction of sp³-hybridized carbons (Fsp3) is 0.562. The van der Waals surface area contributed by atoms with E-state index in [1.54, 1.807) is 26.0 Å². The average molecular weight is 330 g/mol. The number of carbonyl (C=O) groups excluding carboxylic acids is 1. The Labute approximate surface area is 135 Å². The van der Waals surface area contributed by atoms with Crippen molar-refractivity contribution in [2.75, 3.05) is 18.5 Å². The molecular weight excluding hydrogens is 306 g/mol. The van der Waals surface area contributed by atoms with Crippen LogP contribution in [0.2, 0.25) is 0 Å². The summed E-state index contributed by atoms with van der Waals surface area (Å²) in [6, 6.07) is 4.47. The van der Waals surface area contributed by atoms with E-state index in [2.05, 4.69) is 10.6 Å². The molecule has 0 saturated carbocycles. The minimum atomic E-state index is -2.55. The van der Waals surface area contributed by atoms with Crippen LogP contribution in [0.5, 0.6) is 5.75 Å². The number of aliphatic hydroxyl groups is 1. The van der Waals surface area contributed by atoms with Gasteiger partial charge in [0.1, 0.15) is 12.4 Å². The quantitative estimate of drug-likeness (QED) is 0.686. The summed E-state index contributed by atoms with van der Waals surface area (Å²) in [4.78, 5) is 11.8. The van der Waals surface area contributed by atoms with E-state index in [-0.39, 0.29) is 5.92 Å². The molecule has 0 heterocycles. The van der Waals surface area contributed by atoms with Gasteiger partial charge in [0.05, 0.1) is 6.10 Å². The highest BCUT2D eigenvalue weighted by Gasteiger charge is 2.10. The molecule has 0 aliphatic rings. The standard InChI is InChI=1S/C16H24F2N2O3/c1-10(6-12(3)21)8-19-16(22)20-13-5-4-11(2)14(7-13)23-9-15(17)18/h4-5,7,10,12,15,21H,6,8-9H2,1-3H3,(H2,19,20,22). The second kappa shape index (κ2) is 9.29. The van der Waals surface area contributed by atoms with E-state index in [1.807, 2.05) is 6.92 Å². The second-order valence-electron chi connectivity index (χ2n) is 5.71. The number of hydrogen-bond acceptors (Lipinski definition) is 3. The topological polar surface area (TPSA) is 70.6 Å². The number of urea groups is 1. The van der Waals surface area contributed by atoms with Crippen LogP contribution in [0.3, 0.4) is 0 Å². The maximum Gasteiger partial charge on any atom is 0.319 e. The number of benzene rings is 1. The number of aryl methyl sites for hydroxylation is 1. The number of aliphatic hydroxyl groups excluding tert-OH is 1. The van der Waals surface area contributed by atoms with E-state index in [0.29, 0.717) is 30.0 Å². The number of halogens is 2. The Morgan fingerprint density at radius 1 is 1.35 bits per heavy atom. The first-order valence-electron chi connectivity index (χ1n) is 7.52. The normalized spacial score (nSPS) is 13.5. The molecule has 2 amide bonds. The highest BCUT2D eigenvalue weighted by atomic mass is 19.3. The molecule has 7 heteroatoms. The van der Waals surface area contributed by atoms with Gasteiger partial charge >= 0.3 is 6.03 Å². The number of rotatable bonds is 8. The summed E-state index contributed by atoms with van der Waals surface area (Å²) in [5, 5.41) is 14.6. The summed E-state index contributed by atoms with van der Waals surface area (Å²) in [6.07, 6.45) is -2.37. The highest BCUT2D eigenvalue weighted by Crippen LogP contribution is 2.23. The van der Waals surface area contributed by atoms with Gasteiger partial charge in [-0.3, -0.25) is 0 Å². The molecule has 1 aromatic carbocycles. The van der Waals surface area contributed by atoms with Gasteiger partial charge in [-0.2, -0.15) is 0 Å². The zero-order valence-electron chi connectivity index (χ0n) is 13.6. The van der Waals surface area contributed by atoms with Crippen LogP contribution in [0.15, 0.2) is 18.2 Å². The van der Waals surface area contributed by atoms with Crippen LogP contribution >= 0.6 is 0 Å². The zero-order chi connectivity index (χ0) is 17.4. The van der Waals surface area contributed by atoms with Crippen LogP contribution in [0.1, 0.15) is 25.8 Å². The van der Waals surface area contributed by atoms with Crippen molar-refractivity contribution in [3.63, 3.8) is 0 Å². The predicted molar refractivity (Wildman–Crippen MR) is 85.2 cm³/mol. The number of amides is 2. The fourth-order valence-corrected chi connectivity index (χ4v) is 2.09. The molecule has 3 N–H and O–H groups in total. The molecule has 0 radical (unpaired) electrons. The first-order chi connectivity index (χ1) is 10.8. The molecule has 0 spiro atoms. The van der Waals surface area contributed by atoms with Crippen molar-refractivity contribution in [1.29, 1.82) is 0 Å². The second-order valence-corrected chi connectivity index (χ2v) is 5.71. The van der Waals surface area contributed by atoms with Crippen molar-refractivity contribution in [1.82, 2.24) is 5.32 Å². The molecule has 0 aromatic heterocycles. The van der Waals surface area contributed by atoms with Gasteiger partial charge in [-0.15, -0.1) is 0 Å². The van der Waals surface area contributed by atoms with Crippen LogP contribution in [-0.4, -0.2) is 36.8 Å². The number of anilines is 1. The van der Waals surface area contributed by atoms with Crippen molar-refractivity contribution in [2.24, 2.45) is 5.92 Å². The lowest BCUT2D eigenvalue weighted by atomic mass is 10.1. The van der Waals surface area contributed by atoms with Crippen LogP contribution in [-0.2, 0) is 0 Å². The summed E-state index contributed by atoms with van der Waals surface area (Å²) in [5.41, 5.74) is 1.17. The summed E-state index contributed by atoms with van der Waals surface area (Å²) in [6.45, 7) is 5.10. The van der Waals surface area contributed by atoms with Crippen molar-refractivity contribution >= 4 is 11.7 Å². The van der Waals surface area contributed by atoms with Gasteiger partial charge in [0.25, 0.3) is 6.43 Å². The third kappa shape index (κ3) is 7.78. The smallest absolute Gasteiger partial charge is 0.319 e. The Morgan fingerprint density at radius 2 is 2.04 bits per heavy atom. The van der Waals surface area contributed by atoms with Gasteiger partial charge in [0.15, 0.2) is 0 Å². The number of carbonyl (C=O) groups is 1. The van der Waals surface area contributed by atoms with Crippen molar-refractivity contribution in [2.45, 2.75) is 39.7 Å². The SMILES string of the molecule is Cc1ccc(NC(=O)NCC(C)CC(C)O)cc1OCC(F)F. The Hall–Kier alpha value is -1.89. The van der Waals surface area contributed by atoms with Gasteiger partial charge in [-0.1, -0.05) is 13.0 Å². The molecule has 23 heavy (non-hydrogen) atoms. The van der Waals surface area contributed by atoms with E-state index < -0.39 is 25.2 Å². The molecule has 0 bridgehead atoms. The number of alkyl halides is 2. The largest absolute Gasteiger partial charge is 0.487 e. The van der Waals surface area contributed by atoms with E-state index in [9.17, 15) is 18.7 Å². The molecule has 1 aromatic rings. The zero-order valence-corrected chi connectivity index (χ0v) is 13.6. The summed E-state index contributed by atoms with van der Waals surface area (Å²) >= 11 is 0. The predicted octanol–water partition coefficient (Wildman–Crippen LogP) is 3.17. The Kier molecular flexibility index (Phi) is 7.74. The van der Waals surface area contributed by atoms with E-state index in [1.165, 1.54) is 6.07 Å². The van der Waals surface area contributed by atoms with Crippen molar-refractivity contribution in [3.8, 4) is 5.75 Å². The lowest BCUT2D eigenvalue weighted by Crippen LogP contribution is -2.33. The van der Waals surface area contributed by atoms with Gasteiger partial charge < -0.3 is 20.5 Å². The van der Waals surface area contributed by atoms with Gasteiger partial charge in [-0.25, -0.2) is 13.6 Å². The van der Waals surface area contributed by atoms with Crippen LogP contribution in [0.25, 0.3) is 0 Å². The van der Waals surface area contributed by atoms with Crippen LogP contribution in [0.4, 0.5) is 19.3 Å². The third-order valence-electron chi connectivity index (χ3n) is 3.17. The molecule has 130 valence electrons. The van der Waals surface area contributed by atoms with Crippen LogP contribution < -0.4 is 15.4 Å². The monoisotopic (exact) mass is 330 g/mol. The number of ether oxygens (including phenoxy) is 1. The number of nitrogens with one attached hydrogen (secondary N) is 2. The highest BCUT2D eigenvalue weighted by molar-refractivity contribution is 5.89. The third-order valence-corrected chi connectivity index (χ3v) is 3.17. The first kappa shape index (κ1) is 19.2. The first-order valence-corrected chi connectivity index (χ1v) is 7.52. The molecule has 0 aliphatic heterocycles. The summed E-state index contributed by atoms with van der Waals surface area (Å²) in [7, 11) is 0. The summed E-state index contributed by atoms with van der Waals surface area (Å²) in [5.74, 6) is 0.453. The minimum Gasteiger partial charge on any atom is -0.487 e. The molecule has 5 nitrogen and oxygen atoms in total. The Morgan fingerprint density at radius 3 is 2.65 bits per heavy atom. The van der Waals surface area contributed by atoms with Gasteiger partial charge in [0.2, 0.25) is 0 Å². The maximum atomic E-state index is 12.2. The van der Waals surface area contributed by atoms with Crippen molar-refractivity contribution in [3.05, 3.63) is 23.8 Å². The van der Waals surface area contributed by atoms with Gasteiger partial charge in [0, 0.05) is 18.3 Å². The minimum absolute atomic E-state index is 0.142. The van der Waals surface area contributed by atoms with E-state index in [4.69, 9.17) is 4.74 Å². The lowest BCUT2D eigenvalue weighted by molar-refractivity contribution is 0.0816. The number of hydrogen-bond donors (Lipinski definition) is 3. The molecule has 0 fully saturated rings. The molecule has 0 saturated heterocycles. The molecule has 1 rings (SSSR count). The van der Waals surface area contributed by atoms with Gasteiger partial charge in [-0.05, 0) is 37.8 Å². The molecule has 2 unspecified atom stereocenters. The van der Waals surface area contributed by atoms with Crippen molar-refractivity contribution < 1.29 is 23.4 Å². The Bertz CT molecular complexity index is 510. The van der Waals surface area contributed by atoms with E-state index in [0.717, 1.165) is 0 Å². The average Bonchev–Trinajstić information content (AvgIpc) is 2.45. The fourth-order valence-electron chi connectivity index (χ4n) is 2.09. The summed E-state index contributed by atoms with van der Waals surface area (Å²) < 4.78 is 29.4. The molecule has 2 atom stereocenters. The van der Waals surface area contributed by atoms with Crippen LogP contribution in [0, 0.1) is 12.8 Å². The maximum absolute atomic E-state index is 12.2. The molecule has 0 aliphatic carbocycles.